The molecule has 0 amide bonds. The quantitative estimate of drug-likeness (QED) is 0.848. The summed E-state index contributed by atoms with van der Waals surface area (Å²) in [7, 11) is 1.91. The molecule has 0 bridgehead atoms. The van der Waals surface area contributed by atoms with Crippen molar-refractivity contribution in [2.75, 3.05) is 7.05 Å². The lowest BCUT2D eigenvalue weighted by Crippen LogP contribution is -2.05. The first-order valence-corrected chi connectivity index (χ1v) is 5.93. The van der Waals surface area contributed by atoms with Crippen LogP contribution in [0.4, 0.5) is 0 Å². The van der Waals surface area contributed by atoms with Gasteiger partial charge in [-0.3, -0.25) is 0 Å². The van der Waals surface area contributed by atoms with Crippen LogP contribution in [0.15, 0.2) is 30.5 Å². The molecule has 90 valence electrons. The van der Waals surface area contributed by atoms with Crippen LogP contribution in [0.3, 0.4) is 0 Å². The largest absolute Gasteiger partial charge is 0.314 e. The van der Waals surface area contributed by atoms with Gasteiger partial charge in [0.1, 0.15) is 0 Å². The van der Waals surface area contributed by atoms with E-state index in [1.54, 1.807) is 0 Å². The Morgan fingerprint density at radius 3 is 2.53 bits per heavy atom. The first-order chi connectivity index (χ1) is 8.31. The van der Waals surface area contributed by atoms with Crippen LogP contribution in [0.1, 0.15) is 23.7 Å². The molecule has 0 spiro atoms. The van der Waals surface area contributed by atoms with Gasteiger partial charge in [0.05, 0.1) is 18.4 Å². The van der Waals surface area contributed by atoms with Crippen molar-refractivity contribution in [3.8, 4) is 0 Å². The predicted molar refractivity (Wildman–Crippen MR) is 67.7 cm³/mol. The zero-order valence-corrected chi connectivity index (χ0v) is 10.3. The Morgan fingerprint density at radius 2 is 1.88 bits per heavy atom. The van der Waals surface area contributed by atoms with Gasteiger partial charge in [0, 0.05) is 6.54 Å². The second-order valence-electron chi connectivity index (χ2n) is 4.11. The third kappa shape index (κ3) is 3.14. The summed E-state index contributed by atoms with van der Waals surface area (Å²) in [6, 6.07) is 8.64. The minimum absolute atomic E-state index is 0.759. The van der Waals surface area contributed by atoms with Crippen molar-refractivity contribution in [2.45, 2.75) is 26.4 Å². The fourth-order valence-corrected chi connectivity index (χ4v) is 1.75. The van der Waals surface area contributed by atoms with E-state index in [0.717, 1.165) is 25.2 Å². The van der Waals surface area contributed by atoms with Crippen LogP contribution in [0.25, 0.3) is 0 Å². The van der Waals surface area contributed by atoms with Crippen molar-refractivity contribution in [3.05, 3.63) is 47.3 Å². The second-order valence-corrected chi connectivity index (χ2v) is 4.11. The van der Waals surface area contributed by atoms with Crippen molar-refractivity contribution in [2.24, 2.45) is 0 Å². The fourth-order valence-electron chi connectivity index (χ4n) is 1.75. The maximum Gasteiger partial charge on any atom is 0.0964 e. The summed E-state index contributed by atoms with van der Waals surface area (Å²) < 4.78 is 1.87. The van der Waals surface area contributed by atoms with E-state index in [2.05, 4.69) is 46.8 Å². The summed E-state index contributed by atoms with van der Waals surface area (Å²) in [5.74, 6) is 0. The molecule has 0 saturated carbocycles. The molecular formula is C13H18N4. The number of nitrogens with one attached hydrogen (secondary N) is 1. The van der Waals surface area contributed by atoms with E-state index in [9.17, 15) is 0 Å². The molecule has 1 aromatic carbocycles. The maximum atomic E-state index is 4.10. The second kappa shape index (κ2) is 5.59. The van der Waals surface area contributed by atoms with Crippen molar-refractivity contribution in [1.82, 2.24) is 20.3 Å². The van der Waals surface area contributed by atoms with Crippen LogP contribution in [0.2, 0.25) is 0 Å². The molecule has 0 saturated heterocycles. The highest BCUT2D eigenvalue weighted by Crippen LogP contribution is 2.06. The van der Waals surface area contributed by atoms with E-state index < -0.39 is 0 Å². The summed E-state index contributed by atoms with van der Waals surface area (Å²) in [5.41, 5.74) is 3.59. The highest BCUT2D eigenvalue weighted by molar-refractivity contribution is 5.22. The molecule has 0 aliphatic heterocycles. The first-order valence-electron chi connectivity index (χ1n) is 5.93. The summed E-state index contributed by atoms with van der Waals surface area (Å²) in [6.45, 7) is 3.70. The number of aryl methyl sites for hydroxylation is 1. The minimum atomic E-state index is 0.759. The molecule has 0 atom stereocenters. The van der Waals surface area contributed by atoms with Gasteiger partial charge in [-0.15, -0.1) is 5.10 Å². The lowest BCUT2D eigenvalue weighted by atomic mass is 10.1. The summed E-state index contributed by atoms with van der Waals surface area (Å²) in [6.07, 6.45) is 3.06. The molecule has 2 rings (SSSR count). The SMILES string of the molecule is CCc1ccc(Cn2cc(CNC)nn2)cc1. The highest BCUT2D eigenvalue weighted by Gasteiger charge is 2.00. The molecule has 1 heterocycles. The standard InChI is InChI=1S/C13H18N4/c1-3-11-4-6-12(7-5-11)9-17-10-13(8-14-2)15-16-17/h4-7,10,14H,3,8-9H2,1-2H3. The zero-order chi connectivity index (χ0) is 12.1. The van der Waals surface area contributed by atoms with Gasteiger partial charge in [-0.05, 0) is 24.6 Å². The molecule has 0 radical (unpaired) electrons. The maximum absolute atomic E-state index is 4.10. The van der Waals surface area contributed by atoms with Gasteiger partial charge in [-0.2, -0.15) is 0 Å². The molecule has 17 heavy (non-hydrogen) atoms. The van der Waals surface area contributed by atoms with Gasteiger partial charge in [0.2, 0.25) is 0 Å². The van der Waals surface area contributed by atoms with E-state index in [4.69, 9.17) is 0 Å². The Morgan fingerprint density at radius 1 is 1.18 bits per heavy atom. The molecule has 0 unspecified atom stereocenters. The van der Waals surface area contributed by atoms with Gasteiger partial charge < -0.3 is 5.32 Å². The molecule has 4 heteroatoms. The normalized spacial score (nSPS) is 10.7. The third-order valence-electron chi connectivity index (χ3n) is 2.72. The topological polar surface area (TPSA) is 42.7 Å². The smallest absolute Gasteiger partial charge is 0.0964 e. The number of hydrogen-bond acceptors (Lipinski definition) is 3. The summed E-state index contributed by atoms with van der Waals surface area (Å²) >= 11 is 0. The molecule has 4 nitrogen and oxygen atoms in total. The van der Waals surface area contributed by atoms with Crippen molar-refractivity contribution in [1.29, 1.82) is 0 Å². The molecule has 0 aliphatic rings. The van der Waals surface area contributed by atoms with E-state index in [1.807, 2.05) is 17.9 Å². The van der Waals surface area contributed by atoms with E-state index in [-0.39, 0.29) is 0 Å². The Labute approximate surface area is 102 Å². The van der Waals surface area contributed by atoms with Crippen LogP contribution in [0, 0.1) is 0 Å². The molecule has 1 aromatic heterocycles. The lowest BCUT2D eigenvalue weighted by molar-refractivity contribution is 0.648. The minimum Gasteiger partial charge on any atom is -0.314 e. The molecule has 2 aromatic rings. The van der Waals surface area contributed by atoms with E-state index >= 15 is 0 Å². The van der Waals surface area contributed by atoms with Crippen LogP contribution in [-0.4, -0.2) is 22.0 Å². The van der Waals surface area contributed by atoms with Gasteiger partial charge in [0.25, 0.3) is 0 Å². The summed E-state index contributed by atoms with van der Waals surface area (Å²) in [5, 5.41) is 11.2. The van der Waals surface area contributed by atoms with Gasteiger partial charge >= 0.3 is 0 Å². The predicted octanol–water partition coefficient (Wildman–Crippen LogP) is 1.61. The fraction of sp³-hybridized carbons (Fsp3) is 0.385. The van der Waals surface area contributed by atoms with Crippen LogP contribution < -0.4 is 5.32 Å². The van der Waals surface area contributed by atoms with Crippen LogP contribution in [-0.2, 0) is 19.5 Å². The van der Waals surface area contributed by atoms with E-state index in [1.165, 1.54) is 11.1 Å². The van der Waals surface area contributed by atoms with Crippen molar-refractivity contribution >= 4 is 0 Å². The first kappa shape index (κ1) is 11.8. The monoisotopic (exact) mass is 230 g/mol. The number of benzene rings is 1. The van der Waals surface area contributed by atoms with Crippen LogP contribution in [0.5, 0.6) is 0 Å². The number of hydrogen-bond donors (Lipinski definition) is 1. The van der Waals surface area contributed by atoms with Crippen molar-refractivity contribution < 1.29 is 0 Å². The lowest BCUT2D eigenvalue weighted by Gasteiger charge is -2.02. The number of rotatable bonds is 5. The highest BCUT2D eigenvalue weighted by atomic mass is 15.4. The number of aromatic nitrogens is 3. The number of nitrogens with zero attached hydrogens (tertiary/aromatic N) is 3. The third-order valence-corrected chi connectivity index (χ3v) is 2.72. The van der Waals surface area contributed by atoms with Crippen LogP contribution >= 0.6 is 0 Å². The Hall–Kier alpha value is -1.68. The van der Waals surface area contributed by atoms with Gasteiger partial charge in [0.15, 0.2) is 0 Å². The Balaban J connectivity index is 2.03. The molecule has 0 fully saturated rings. The average Bonchev–Trinajstić information content (AvgIpc) is 2.78. The van der Waals surface area contributed by atoms with Gasteiger partial charge in [-0.25, -0.2) is 4.68 Å². The van der Waals surface area contributed by atoms with Crippen molar-refractivity contribution in [3.63, 3.8) is 0 Å². The zero-order valence-electron chi connectivity index (χ0n) is 10.3. The summed E-state index contributed by atoms with van der Waals surface area (Å²) in [4.78, 5) is 0. The van der Waals surface area contributed by atoms with E-state index in [0.29, 0.717) is 0 Å². The Bertz CT molecular complexity index is 459. The molecule has 1 N–H and O–H groups in total. The van der Waals surface area contributed by atoms with Gasteiger partial charge in [-0.1, -0.05) is 36.4 Å². The Kier molecular flexibility index (Phi) is 3.88. The molecular weight excluding hydrogens is 212 g/mol. The average molecular weight is 230 g/mol. The molecule has 0 aliphatic carbocycles.